The lowest BCUT2D eigenvalue weighted by atomic mass is 10.1. The summed E-state index contributed by atoms with van der Waals surface area (Å²) in [4.78, 5) is 10.4. The van der Waals surface area contributed by atoms with Gasteiger partial charge in [0.1, 0.15) is 0 Å². The van der Waals surface area contributed by atoms with E-state index in [2.05, 4.69) is 0 Å². The first-order chi connectivity index (χ1) is 6.02. The number of carboxylic acids is 1. The normalized spacial score (nSPS) is 10.5. The van der Waals surface area contributed by atoms with Crippen LogP contribution in [0.4, 0.5) is 8.78 Å². The standard InChI is InChI=1S/C8H5ClF2O2/c9-6-2-1-4(8(12)13)3-5(6)7(10)11/h1-3,7H,(H,12,13). The first-order valence-corrected chi connectivity index (χ1v) is 3.71. The van der Waals surface area contributed by atoms with Crippen LogP contribution < -0.4 is 0 Å². The maximum Gasteiger partial charge on any atom is 0.335 e. The number of alkyl halides is 2. The van der Waals surface area contributed by atoms with Crippen molar-refractivity contribution in [2.75, 3.05) is 0 Å². The molecule has 1 aromatic carbocycles. The van der Waals surface area contributed by atoms with Gasteiger partial charge in [-0.1, -0.05) is 11.6 Å². The van der Waals surface area contributed by atoms with Crippen molar-refractivity contribution in [2.45, 2.75) is 6.43 Å². The molecule has 0 radical (unpaired) electrons. The number of carbonyl (C=O) groups is 1. The first kappa shape index (κ1) is 9.92. The van der Waals surface area contributed by atoms with E-state index in [1.165, 1.54) is 6.07 Å². The van der Waals surface area contributed by atoms with Gasteiger partial charge in [-0.05, 0) is 18.2 Å². The smallest absolute Gasteiger partial charge is 0.335 e. The third-order valence-electron chi connectivity index (χ3n) is 1.48. The largest absolute Gasteiger partial charge is 0.478 e. The molecule has 0 saturated heterocycles. The van der Waals surface area contributed by atoms with Crippen LogP contribution in [0.2, 0.25) is 5.02 Å². The minimum atomic E-state index is -2.76. The molecule has 1 rings (SSSR count). The topological polar surface area (TPSA) is 37.3 Å². The SMILES string of the molecule is O=C(O)c1ccc(Cl)c(C(F)F)c1. The Labute approximate surface area is 77.8 Å². The Morgan fingerprint density at radius 1 is 1.46 bits per heavy atom. The van der Waals surface area contributed by atoms with Crippen LogP contribution in [-0.2, 0) is 0 Å². The van der Waals surface area contributed by atoms with E-state index in [0.717, 1.165) is 12.1 Å². The maximum atomic E-state index is 12.2. The Hall–Kier alpha value is -1.16. The van der Waals surface area contributed by atoms with Crippen molar-refractivity contribution in [3.8, 4) is 0 Å². The highest BCUT2D eigenvalue weighted by atomic mass is 35.5. The van der Waals surface area contributed by atoms with Gasteiger partial charge in [0.2, 0.25) is 0 Å². The molecular formula is C8H5ClF2O2. The zero-order chi connectivity index (χ0) is 10.0. The number of rotatable bonds is 2. The van der Waals surface area contributed by atoms with Crippen LogP contribution in [0, 0.1) is 0 Å². The summed E-state index contributed by atoms with van der Waals surface area (Å²) in [6, 6.07) is 3.19. The molecule has 0 heterocycles. The van der Waals surface area contributed by atoms with Crippen molar-refractivity contribution in [3.63, 3.8) is 0 Å². The van der Waals surface area contributed by atoms with Crippen molar-refractivity contribution in [3.05, 3.63) is 34.3 Å². The lowest BCUT2D eigenvalue weighted by molar-refractivity contribution is 0.0696. The molecule has 0 amide bonds. The number of hydrogen-bond donors (Lipinski definition) is 1. The Morgan fingerprint density at radius 2 is 2.08 bits per heavy atom. The van der Waals surface area contributed by atoms with Crippen LogP contribution in [0.15, 0.2) is 18.2 Å². The number of aromatic carboxylic acids is 1. The van der Waals surface area contributed by atoms with E-state index in [0.29, 0.717) is 0 Å². The van der Waals surface area contributed by atoms with Gasteiger partial charge in [0.25, 0.3) is 6.43 Å². The molecule has 0 aromatic heterocycles. The monoisotopic (exact) mass is 206 g/mol. The highest BCUT2D eigenvalue weighted by Gasteiger charge is 2.14. The molecule has 0 spiro atoms. The van der Waals surface area contributed by atoms with Crippen LogP contribution in [0.5, 0.6) is 0 Å². The fourth-order valence-corrected chi connectivity index (χ4v) is 1.04. The second-order valence-electron chi connectivity index (χ2n) is 2.34. The molecule has 0 saturated carbocycles. The van der Waals surface area contributed by atoms with Crippen LogP contribution in [0.3, 0.4) is 0 Å². The first-order valence-electron chi connectivity index (χ1n) is 3.33. The molecule has 1 N–H and O–H groups in total. The van der Waals surface area contributed by atoms with Gasteiger partial charge in [-0.15, -0.1) is 0 Å². The summed E-state index contributed by atoms with van der Waals surface area (Å²) in [5, 5.41) is 8.37. The predicted octanol–water partition coefficient (Wildman–Crippen LogP) is 2.98. The summed E-state index contributed by atoms with van der Waals surface area (Å²) in [5.41, 5.74) is -0.652. The van der Waals surface area contributed by atoms with Crippen molar-refractivity contribution >= 4 is 17.6 Å². The zero-order valence-electron chi connectivity index (χ0n) is 6.30. The number of hydrogen-bond acceptors (Lipinski definition) is 1. The molecule has 0 atom stereocenters. The molecule has 1 aromatic rings. The Morgan fingerprint density at radius 3 is 2.54 bits per heavy atom. The highest BCUT2D eigenvalue weighted by molar-refractivity contribution is 6.31. The van der Waals surface area contributed by atoms with E-state index in [9.17, 15) is 13.6 Å². The quantitative estimate of drug-likeness (QED) is 0.808. The van der Waals surface area contributed by atoms with Gasteiger partial charge in [0.05, 0.1) is 5.56 Å². The average molecular weight is 207 g/mol. The Bertz CT molecular complexity index is 339. The molecule has 0 fully saturated rings. The van der Waals surface area contributed by atoms with Gasteiger partial charge < -0.3 is 5.11 Å². The summed E-state index contributed by atoms with van der Waals surface area (Å²) in [5.74, 6) is -1.25. The molecule has 0 bridgehead atoms. The van der Waals surface area contributed by atoms with E-state index in [1.807, 2.05) is 0 Å². The molecule has 0 aliphatic rings. The minimum absolute atomic E-state index is 0.125. The molecule has 5 heteroatoms. The molecule has 70 valence electrons. The summed E-state index contributed by atoms with van der Waals surface area (Å²) in [6.07, 6.45) is -2.76. The molecule has 0 aliphatic heterocycles. The second-order valence-corrected chi connectivity index (χ2v) is 2.75. The van der Waals surface area contributed by atoms with E-state index in [-0.39, 0.29) is 10.6 Å². The van der Waals surface area contributed by atoms with E-state index in [1.54, 1.807) is 0 Å². The van der Waals surface area contributed by atoms with Crippen LogP contribution in [0.25, 0.3) is 0 Å². The van der Waals surface area contributed by atoms with Gasteiger partial charge in [0.15, 0.2) is 0 Å². The van der Waals surface area contributed by atoms with Crippen LogP contribution in [0.1, 0.15) is 22.3 Å². The third-order valence-corrected chi connectivity index (χ3v) is 1.82. The summed E-state index contributed by atoms with van der Waals surface area (Å²) >= 11 is 5.42. The average Bonchev–Trinajstić information content (AvgIpc) is 2.04. The summed E-state index contributed by atoms with van der Waals surface area (Å²) in [6.45, 7) is 0. The van der Waals surface area contributed by atoms with Gasteiger partial charge in [-0.25, -0.2) is 13.6 Å². The fraction of sp³-hybridized carbons (Fsp3) is 0.125. The lowest BCUT2D eigenvalue weighted by Crippen LogP contribution is -1.98. The van der Waals surface area contributed by atoms with Gasteiger partial charge in [-0.3, -0.25) is 0 Å². The molecular weight excluding hydrogens is 202 g/mol. The zero-order valence-corrected chi connectivity index (χ0v) is 7.05. The number of benzene rings is 1. The molecule has 2 nitrogen and oxygen atoms in total. The molecule has 13 heavy (non-hydrogen) atoms. The minimum Gasteiger partial charge on any atom is -0.478 e. The van der Waals surface area contributed by atoms with Crippen LogP contribution >= 0.6 is 11.6 Å². The number of carboxylic acid groups (broad SMARTS) is 1. The molecule has 0 aliphatic carbocycles. The number of halogens is 3. The fourth-order valence-electron chi connectivity index (χ4n) is 0.844. The van der Waals surface area contributed by atoms with E-state index >= 15 is 0 Å². The Balaban J connectivity index is 3.19. The van der Waals surface area contributed by atoms with Gasteiger partial charge >= 0.3 is 5.97 Å². The predicted molar refractivity (Wildman–Crippen MR) is 43.4 cm³/mol. The van der Waals surface area contributed by atoms with Crippen molar-refractivity contribution in [2.24, 2.45) is 0 Å². The third kappa shape index (κ3) is 2.15. The summed E-state index contributed by atoms with van der Waals surface area (Å²) < 4.78 is 24.4. The van der Waals surface area contributed by atoms with Gasteiger partial charge in [-0.2, -0.15) is 0 Å². The van der Waals surface area contributed by atoms with E-state index in [4.69, 9.17) is 16.7 Å². The Kier molecular flexibility index (Phi) is 2.83. The van der Waals surface area contributed by atoms with Crippen molar-refractivity contribution < 1.29 is 18.7 Å². The summed E-state index contributed by atoms with van der Waals surface area (Å²) in [7, 11) is 0. The van der Waals surface area contributed by atoms with Crippen molar-refractivity contribution in [1.29, 1.82) is 0 Å². The van der Waals surface area contributed by atoms with Crippen molar-refractivity contribution in [1.82, 2.24) is 0 Å². The van der Waals surface area contributed by atoms with E-state index < -0.39 is 18.0 Å². The molecule has 0 unspecified atom stereocenters. The second kappa shape index (κ2) is 3.70. The lowest BCUT2D eigenvalue weighted by Gasteiger charge is -2.03. The highest BCUT2D eigenvalue weighted by Crippen LogP contribution is 2.27. The van der Waals surface area contributed by atoms with Crippen LogP contribution in [-0.4, -0.2) is 11.1 Å². The van der Waals surface area contributed by atoms with Gasteiger partial charge in [0, 0.05) is 10.6 Å². The maximum absolute atomic E-state index is 12.2.